The predicted octanol–water partition coefficient (Wildman–Crippen LogP) is 2.52. The molecule has 1 aromatic heterocycles. The van der Waals surface area contributed by atoms with E-state index in [0.717, 1.165) is 24.9 Å². The molecule has 21 heavy (non-hydrogen) atoms. The molecular formula is C15H17N3O3. The molecule has 1 saturated heterocycles. The van der Waals surface area contributed by atoms with Crippen LogP contribution in [0.3, 0.4) is 0 Å². The Kier molecular flexibility index (Phi) is 3.96. The summed E-state index contributed by atoms with van der Waals surface area (Å²) in [6.07, 6.45) is 5.33. The summed E-state index contributed by atoms with van der Waals surface area (Å²) in [6, 6.07) is 4.92. The number of nitro benzene ring substituents is 1. The van der Waals surface area contributed by atoms with Gasteiger partial charge in [-0.05, 0) is 44.0 Å². The van der Waals surface area contributed by atoms with Crippen LogP contribution in [0.5, 0.6) is 5.75 Å². The van der Waals surface area contributed by atoms with E-state index in [1.165, 1.54) is 18.7 Å². The van der Waals surface area contributed by atoms with E-state index in [1.54, 1.807) is 18.3 Å². The van der Waals surface area contributed by atoms with Gasteiger partial charge in [0.1, 0.15) is 5.75 Å². The highest BCUT2D eigenvalue weighted by molar-refractivity contribution is 5.94. The monoisotopic (exact) mass is 287 g/mol. The zero-order valence-electron chi connectivity index (χ0n) is 11.6. The lowest BCUT2D eigenvalue weighted by Gasteiger charge is -2.12. The number of fused-ring (bicyclic) bond motifs is 1. The van der Waals surface area contributed by atoms with E-state index in [4.69, 9.17) is 4.74 Å². The lowest BCUT2D eigenvalue weighted by molar-refractivity contribution is -0.383. The van der Waals surface area contributed by atoms with Gasteiger partial charge in [-0.1, -0.05) is 0 Å². The molecular weight excluding hydrogens is 270 g/mol. The summed E-state index contributed by atoms with van der Waals surface area (Å²) in [5, 5.41) is 15.6. The predicted molar refractivity (Wildman–Crippen MR) is 79.5 cm³/mol. The van der Waals surface area contributed by atoms with Gasteiger partial charge in [0.15, 0.2) is 0 Å². The van der Waals surface area contributed by atoms with Gasteiger partial charge in [-0.25, -0.2) is 0 Å². The Morgan fingerprint density at radius 2 is 2.29 bits per heavy atom. The maximum atomic E-state index is 11.0. The van der Waals surface area contributed by atoms with Crippen molar-refractivity contribution >= 4 is 16.5 Å². The third-order valence-corrected chi connectivity index (χ3v) is 3.90. The van der Waals surface area contributed by atoms with E-state index in [-0.39, 0.29) is 5.69 Å². The number of ether oxygens (including phenoxy) is 1. The first-order chi connectivity index (χ1) is 10.3. The standard InChI is InChI=1S/C15H17N3O3/c19-18(20)14-1-2-15(12-4-7-17-10-13(12)14)21-8-5-11-3-6-16-9-11/h1-2,4,7,10-11,16H,3,5-6,8-9H2. The zero-order valence-corrected chi connectivity index (χ0v) is 11.6. The number of non-ortho nitro benzene ring substituents is 1. The van der Waals surface area contributed by atoms with E-state index < -0.39 is 4.92 Å². The number of rotatable bonds is 5. The Balaban J connectivity index is 1.79. The summed E-state index contributed by atoms with van der Waals surface area (Å²) in [4.78, 5) is 14.6. The lowest BCUT2D eigenvalue weighted by Crippen LogP contribution is -2.11. The van der Waals surface area contributed by atoms with Crippen LogP contribution < -0.4 is 10.1 Å². The Hall–Kier alpha value is -2.21. The molecule has 0 radical (unpaired) electrons. The first-order valence-electron chi connectivity index (χ1n) is 7.10. The van der Waals surface area contributed by atoms with Crippen LogP contribution in [-0.4, -0.2) is 29.6 Å². The Bertz CT molecular complexity index is 654. The second-order valence-electron chi connectivity index (χ2n) is 5.26. The van der Waals surface area contributed by atoms with Gasteiger partial charge in [0.05, 0.1) is 16.9 Å². The molecule has 0 spiro atoms. The Morgan fingerprint density at radius 3 is 3.05 bits per heavy atom. The zero-order chi connectivity index (χ0) is 14.7. The van der Waals surface area contributed by atoms with Crippen LogP contribution in [0.1, 0.15) is 12.8 Å². The molecule has 6 heteroatoms. The molecule has 2 heterocycles. The number of pyridine rings is 1. The second-order valence-corrected chi connectivity index (χ2v) is 5.26. The van der Waals surface area contributed by atoms with Crippen molar-refractivity contribution in [3.63, 3.8) is 0 Å². The van der Waals surface area contributed by atoms with Crippen LogP contribution >= 0.6 is 0 Å². The Labute approximate surface area is 122 Å². The summed E-state index contributed by atoms with van der Waals surface area (Å²) in [6.45, 7) is 2.76. The largest absolute Gasteiger partial charge is 0.493 e. The van der Waals surface area contributed by atoms with Crippen molar-refractivity contribution in [1.29, 1.82) is 0 Å². The van der Waals surface area contributed by atoms with Gasteiger partial charge in [-0.15, -0.1) is 0 Å². The molecule has 1 aliphatic heterocycles. The molecule has 2 aromatic rings. The van der Waals surface area contributed by atoms with Gasteiger partial charge in [0.25, 0.3) is 5.69 Å². The van der Waals surface area contributed by atoms with Crippen molar-refractivity contribution in [1.82, 2.24) is 10.3 Å². The maximum absolute atomic E-state index is 11.0. The van der Waals surface area contributed by atoms with Crippen molar-refractivity contribution in [2.45, 2.75) is 12.8 Å². The third kappa shape index (κ3) is 2.95. The number of benzene rings is 1. The fourth-order valence-corrected chi connectivity index (χ4v) is 2.73. The summed E-state index contributed by atoms with van der Waals surface area (Å²) in [5.74, 6) is 1.35. The number of nitro groups is 1. The molecule has 0 bridgehead atoms. The molecule has 1 unspecified atom stereocenters. The molecule has 0 saturated carbocycles. The van der Waals surface area contributed by atoms with E-state index >= 15 is 0 Å². The van der Waals surface area contributed by atoms with Gasteiger partial charge >= 0.3 is 0 Å². The summed E-state index contributed by atoms with van der Waals surface area (Å²) < 4.78 is 5.84. The SMILES string of the molecule is O=[N+]([O-])c1ccc(OCCC2CCNC2)c2ccncc12. The quantitative estimate of drug-likeness (QED) is 0.675. The molecule has 1 atom stereocenters. The second kappa shape index (κ2) is 6.05. The third-order valence-electron chi connectivity index (χ3n) is 3.90. The van der Waals surface area contributed by atoms with Crippen molar-refractivity contribution in [2.24, 2.45) is 5.92 Å². The van der Waals surface area contributed by atoms with Gasteiger partial charge < -0.3 is 10.1 Å². The van der Waals surface area contributed by atoms with Gasteiger partial charge in [-0.3, -0.25) is 15.1 Å². The maximum Gasteiger partial charge on any atom is 0.279 e. The van der Waals surface area contributed by atoms with Crippen molar-refractivity contribution in [3.05, 3.63) is 40.7 Å². The highest BCUT2D eigenvalue weighted by Gasteiger charge is 2.17. The smallest absolute Gasteiger partial charge is 0.279 e. The number of aromatic nitrogens is 1. The van der Waals surface area contributed by atoms with E-state index in [9.17, 15) is 10.1 Å². The molecule has 1 aromatic carbocycles. The van der Waals surface area contributed by atoms with E-state index in [1.807, 2.05) is 0 Å². The van der Waals surface area contributed by atoms with Crippen LogP contribution in [0.15, 0.2) is 30.6 Å². The topological polar surface area (TPSA) is 77.3 Å². The van der Waals surface area contributed by atoms with Crippen LogP contribution in [0.4, 0.5) is 5.69 Å². The highest BCUT2D eigenvalue weighted by Crippen LogP contribution is 2.32. The molecule has 6 nitrogen and oxygen atoms in total. The molecule has 0 aliphatic carbocycles. The molecule has 3 rings (SSSR count). The highest BCUT2D eigenvalue weighted by atomic mass is 16.6. The number of hydrogen-bond donors (Lipinski definition) is 1. The minimum Gasteiger partial charge on any atom is -0.493 e. The van der Waals surface area contributed by atoms with E-state index in [0.29, 0.717) is 23.7 Å². The fourth-order valence-electron chi connectivity index (χ4n) is 2.73. The van der Waals surface area contributed by atoms with E-state index in [2.05, 4.69) is 10.3 Å². The van der Waals surface area contributed by atoms with Crippen LogP contribution in [0.25, 0.3) is 10.8 Å². The molecule has 110 valence electrons. The molecule has 1 aliphatic rings. The average molecular weight is 287 g/mol. The summed E-state index contributed by atoms with van der Waals surface area (Å²) in [5.41, 5.74) is 0.0606. The van der Waals surface area contributed by atoms with Crippen LogP contribution in [0, 0.1) is 16.0 Å². The molecule has 1 fully saturated rings. The fraction of sp³-hybridized carbons (Fsp3) is 0.400. The lowest BCUT2D eigenvalue weighted by atomic mass is 10.1. The number of hydrogen-bond acceptors (Lipinski definition) is 5. The summed E-state index contributed by atoms with van der Waals surface area (Å²) in [7, 11) is 0. The first kappa shape index (κ1) is 13.8. The van der Waals surface area contributed by atoms with Crippen LogP contribution in [0.2, 0.25) is 0 Å². The van der Waals surface area contributed by atoms with Gasteiger partial charge in [-0.2, -0.15) is 0 Å². The number of nitrogens with one attached hydrogen (secondary N) is 1. The summed E-state index contributed by atoms with van der Waals surface area (Å²) >= 11 is 0. The van der Waals surface area contributed by atoms with Crippen molar-refractivity contribution in [3.8, 4) is 5.75 Å². The molecule has 0 amide bonds. The van der Waals surface area contributed by atoms with Gasteiger partial charge in [0.2, 0.25) is 0 Å². The van der Waals surface area contributed by atoms with Gasteiger partial charge in [0, 0.05) is 23.8 Å². The average Bonchev–Trinajstić information content (AvgIpc) is 3.00. The minimum absolute atomic E-state index is 0.0606. The minimum atomic E-state index is -0.391. The first-order valence-corrected chi connectivity index (χ1v) is 7.10. The normalized spacial score (nSPS) is 18.0. The molecule has 1 N–H and O–H groups in total. The number of nitrogens with zero attached hydrogens (tertiary/aromatic N) is 2. The van der Waals surface area contributed by atoms with Crippen molar-refractivity contribution < 1.29 is 9.66 Å². The van der Waals surface area contributed by atoms with Crippen molar-refractivity contribution in [2.75, 3.05) is 19.7 Å². The Morgan fingerprint density at radius 1 is 1.38 bits per heavy atom. The van der Waals surface area contributed by atoms with Crippen LogP contribution in [-0.2, 0) is 0 Å².